The summed E-state index contributed by atoms with van der Waals surface area (Å²) in [7, 11) is 0. The third-order valence-electron chi connectivity index (χ3n) is 4.98. The lowest BCUT2D eigenvalue weighted by atomic mass is 9.83. The van der Waals surface area contributed by atoms with E-state index in [1.165, 1.54) is 32.1 Å². The average Bonchev–Trinajstić information content (AvgIpc) is 3.06. The molecule has 2 heterocycles. The van der Waals surface area contributed by atoms with E-state index >= 15 is 0 Å². The Morgan fingerprint density at radius 3 is 2.71 bits per heavy atom. The molecule has 1 saturated carbocycles. The van der Waals surface area contributed by atoms with Gasteiger partial charge in [-0.15, -0.1) is 5.10 Å². The maximum Gasteiger partial charge on any atom is 0.154 e. The fourth-order valence-electron chi connectivity index (χ4n) is 3.47. The predicted molar refractivity (Wildman–Crippen MR) is 77.2 cm³/mol. The van der Waals surface area contributed by atoms with Gasteiger partial charge in [-0.1, -0.05) is 24.5 Å². The van der Waals surface area contributed by atoms with E-state index in [1.807, 2.05) is 6.20 Å². The highest BCUT2D eigenvalue weighted by Gasteiger charge is 2.36. The number of nitriles is 1. The summed E-state index contributed by atoms with van der Waals surface area (Å²) in [6.45, 7) is 1.19. The Kier molecular flexibility index (Phi) is 4.22. The van der Waals surface area contributed by atoms with E-state index in [-0.39, 0.29) is 6.04 Å². The standard InChI is InChI=1S/C15H23N5O/c16-11-15(6-8-21-9-7-15)20-10-13(18-19-20)14(17)12-4-2-1-3-5-12/h10,12,14H,1-9,17H2/t14-/m0/s1. The molecule has 1 saturated heterocycles. The zero-order valence-corrected chi connectivity index (χ0v) is 12.4. The topological polar surface area (TPSA) is 89.8 Å². The van der Waals surface area contributed by atoms with Gasteiger partial charge in [0.25, 0.3) is 0 Å². The highest BCUT2D eigenvalue weighted by atomic mass is 16.5. The summed E-state index contributed by atoms with van der Waals surface area (Å²) in [4.78, 5) is 0. The molecular formula is C15H23N5O. The van der Waals surface area contributed by atoms with Crippen LogP contribution >= 0.6 is 0 Å². The molecule has 3 rings (SSSR count). The van der Waals surface area contributed by atoms with Crippen molar-refractivity contribution >= 4 is 0 Å². The molecule has 0 bridgehead atoms. The molecule has 0 amide bonds. The first-order chi connectivity index (χ1) is 10.2. The Morgan fingerprint density at radius 2 is 2.05 bits per heavy atom. The van der Waals surface area contributed by atoms with Crippen molar-refractivity contribution in [2.75, 3.05) is 13.2 Å². The van der Waals surface area contributed by atoms with Gasteiger partial charge in [0.15, 0.2) is 5.54 Å². The van der Waals surface area contributed by atoms with E-state index in [0.29, 0.717) is 32.0 Å². The van der Waals surface area contributed by atoms with E-state index in [0.717, 1.165) is 5.69 Å². The summed E-state index contributed by atoms with van der Waals surface area (Å²) in [5.41, 5.74) is 6.58. The second kappa shape index (κ2) is 6.12. The van der Waals surface area contributed by atoms with Gasteiger partial charge < -0.3 is 10.5 Å². The zero-order chi connectivity index (χ0) is 14.7. The molecule has 114 valence electrons. The Labute approximate surface area is 125 Å². The first-order valence-corrected chi connectivity index (χ1v) is 7.92. The van der Waals surface area contributed by atoms with Crippen molar-refractivity contribution in [2.45, 2.75) is 56.5 Å². The van der Waals surface area contributed by atoms with E-state index in [1.54, 1.807) is 4.68 Å². The van der Waals surface area contributed by atoms with Crippen LogP contribution in [0.5, 0.6) is 0 Å². The lowest BCUT2D eigenvalue weighted by Gasteiger charge is -2.30. The maximum absolute atomic E-state index is 9.57. The summed E-state index contributed by atoms with van der Waals surface area (Å²) in [6.07, 6.45) is 9.37. The fourth-order valence-corrected chi connectivity index (χ4v) is 3.47. The first kappa shape index (κ1) is 14.5. The van der Waals surface area contributed by atoms with Crippen LogP contribution in [0.4, 0.5) is 0 Å². The predicted octanol–water partition coefficient (Wildman–Crippen LogP) is 1.89. The molecule has 2 fully saturated rings. The summed E-state index contributed by atoms with van der Waals surface area (Å²) in [5.74, 6) is 0.497. The molecule has 0 radical (unpaired) electrons. The van der Waals surface area contributed by atoms with Gasteiger partial charge in [-0.3, -0.25) is 0 Å². The van der Waals surface area contributed by atoms with E-state index in [9.17, 15) is 5.26 Å². The molecule has 2 aliphatic rings. The number of rotatable bonds is 3. The second-order valence-corrected chi connectivity index (χ2v) is 6.27. The van der Waals surface area contributed by atoms with Crippen LogP contribution in [0.15, 0.2) is 6.20 Å². The quantitative estimate of drug-likeness (QED) is 0.917. The van der Waals surface area contributed by atoms with Crippen LogP contribution in [-0.2, 0) is 10.3 Å². The lowest BCUT2D eigenvalue weighted by Crippen LogP contribution is -2.38. The normalized spacial score (nSPS) is 24.4. The minimum absolute atomic E-state index is 0.0605. The second-order valence-electron chi connectivity index (χ2n) is 6.27. The molecule has 0 aromatic carbocycles. The SMILES string of the molecule is N#CC1(n2cc([C@@H](N)C3CCCCC3)nn2)CCOCC1. The van der Waals surface area contributed by atoms with E-state index in [2.05, 4.69) is 16.4 Å². The van der Waals surface area contributed by atoms with Crippen molar-refractivity contribution in [3.8, 4) is 6.07 Å². The van der Waals surface area contributed by atoms with Gasteiger partial charge in [0.05, 0.1) is 24.0 Å². The molecule has 1 atom stereocenters. The van der Waals surface area contributed by atoms with Crippen molar-refractivity contribution < 1.29 is 4.74 Å². The Hall–Kier alpha value is -1.45. The maximum atomic E-state index is 9.57. The molecular weight excluding hydrogens is 266 g/mol. The van der Waals surface area contributed by atoms with Crippen LogP contribution in [0.1, 0.15) is 56.7 Å². The molecule has 21 heavy (non-hydrogen) atoms. The highest BCUT2D eigenvalue weighted by Crippen LogP contribution is 2.33. The number of nitrogens with zero attached hydrogens (tertiary/aromatic N) is 4. The number of ether oxygens (including phenoxy) is 1. The smallest absolute Gasteiger partial charge is 0.154 e. The number of nitrogens with two attached hydrogens (primary N) is 1. The van der Waals surface area contributed by atoms with Crippen molar-refractivity contribution in [1.82, 2.24) is 15.0 Å². The summed E-state index contributed by atoms with van der Waals surface area (Å²) < 4.78 is 7.08. The molecule has 2 N–H and O–H groups in total. The van der Waals surface area contributed by atoms with Gasteiger partial charge in [-0.05, 0) is 18.8 Å². The van der Waals surface area contributed by atoms with Crippen molar-refractivity contribution in [3.63, 3.8) is 0 Å². The van der Waals surface area contributed by atoms with Gasteiger partial charge in [-0.2, -0.15) is 5.26 Å². The Balaban J connectivity index is 1.77. The van der Waals surface area contributed by atoms with Crippen molar-refractivity contribution in [3.05, 3.63) is 11.9 Å². The molecule has 1 aliphatic heterocycles. The van der Waals surface area contributed by atoms with E-state index < -0.39 is 5.54 Å². The number of hydrogen-bond donors (Lipinski definition) is 1. The van der Waals surface area contributed by atoms with Gasteiger partial charge >= 0.3 is 0 Å². The largest absolute Gasteiger partial charge is 0.381 e. The fraction of sp³-hybridized carbons (Fsp3) is 0.800. The van der Waals surface area contributed by atoms with Gasteiger partial charge in [0, 0.05) is 26.1 Å². The third-order valence-corrected chi connectivity index (χ3v) is 4.98. The van der Waals surface area contributed by atoms with Gasteiger partial charge in [0.2, 0.25) is 0 Å². The molecule has 6 nitrogen and oxygen atoms in total. The lowest BCUT2D eigenvalue weighted by molar-refractivity contribution is 0.0395. The molecule has 1 aromatic rings. The van der Waals surface area contributed by atoms with Crippen LogP contribution in [-0.4, -0.2) is 28.2 Å². The summed E-state index contributed by atoms with van der Waals surface area (Å²) >= 11 is 0. The number of hydrogen-bond acceptors (Lipinski definition) is 5. The van der Waals surface area contributed by atoms with Crippen LogP contribution in [0.25, 0.3) is 0 Å². The van der Waals surface area contributed by atoms with E-state index in [4.69, 9.17) is 10.5 Å². The van der Waals surface area contributed by atoms with Gasteiger partial charge in [0.1, 0.15) is 0 Å². The molecule has 1 aromatic heterocycles. The molecule has 6 heteroatoms. The van der Waals surface area contributed by atoms with Crippen LogP contribution < -0.4 is 5.73 Å². The Bertz CT molecular complexity index is 508. The third kappa shape index (κ3) is 2.81. The summed E-state index contributed by atoms with van der Waals surface area (Å²) in [5, 5.41) is 18.0. The molecule has 0 unspecified atom stereocenters. The molecule has 1 aliphatic carbocycles. The summed E-state index contributed by atoms with van der Waals surface area (Å²) in [6, 6.07) is 2.34. The minimum Gasteiger partial charge on any atom is -0.381 e. The van der Waals surface area contributed by atoms with Crippen LogP contribution in [0.2, 0.25) is 0 Å². The van der Waals surface area contributed by atoms with Gasteiger partial charge in [-0.25, -0.2) is 4.68 Å². The van der Waals surface area contributed by atoms with Crippen molar-refractivity contribution in [2.24, 2.45) is 11.7 Å². The Morgan fingerprint density at radius 1 is 1.33 bits per heavy atom. The first-order valence-electron chi connectivity index (χ1n) is 7.92. The number of aromatic nitrogens is 3. The zero-order valence-electron chi connectivity index (χ0n) is 12.4. The van der Waals surface area contributed by atoms with Crippen LogP contribution in [0, 0.1) is 17.2 Å². The van der Waals surface area contributed by atoms with Crippen LogP contribution in [0.3, 0.4) is 0 Å². The minimum atomic E-state index is -0.615. The highest BCUT2D eigenvalue weighted by molar-refractivity contribution is 5.10. The monoisotopic (exact) mass is 289 g/mol. The molecule has 0 spiro atoms. The van der Waals surface area contributed by atoms with Crippen molar-refractivity contribution in [1.29, 1.82) is 5.26 Å². The average molecular weight is 289 g/mol.